The fraction of sp³-hybridized carbons (Fsp3) is 0.700. The van der Waals surface area contributed by atoms with Crippen LogP contribution in [0.5, 0.6) is 0 Å². The smallest absolute Gasteiger partial charge is 0.472 e. The number of unbranched alkanes of at least 4 members (excludes halogenated alkanes) is 18. The third kappa shape index (κ3) is 43.6. The zero-order valence-electron chi connectivity index (χ0n) is 38.7. The zero-order valence-corrected chi connectivity index (χ0v) is 39.6. The second-order valence-electron chi connectivity index (χ2n) is 15.9. The van der Waals surface area contributed by atoms with Crippen LogP contribution in [0.25, 0.3) is 0 Å². The third-order valence-corrected chi connectivity index (χ3v) is 10.9. The van der Waals surface area contributed by atoms with Gasteiger partial charge in [-0.1, -0.05) is 164 Å². The molecule has 0 radical (unpaired) electrons. The number of hydrogen-bond acceptors (Lipinski definition) is 9. The van der Waals surface area contributed by atoms with Gasteiger partial charge in [-0.15, -0.1) is 0 Å². The standard InChI is InChI=1S/C50H86NO10P/c1-3-5-7-9-11-13-15-17-19-21-23-25-27-29-31-33-35-37-39-41-48(52)58-43-46(44-59-62(56,57)60-45-47(51)50(54)55)61-49(53)42-40-38-36-34-32-30-28-26-24-22-20-18-16-14-12-10-8-6-4-2/h11-14,17-20,24,26,30,32,46-47H,3-10,15-16,21-23,25,27-29,31,33-45,51H2,1-2H3,(H,54,55)(H,56,57)/b13-11+,14-12+,19-17+,20-18+,26-24+,32-30+/t46-,47+/m1/s1. The summed E-state index contributed by atoms with van der Waals surface area (Å²) in [5.74, 6) is -2.43. The second kappa shape index (κ2) is 44.5. The number of hydrogen-bond donors (Lipinski definition) is 3. The molecule has 3 atom stereocenters. The number of carboxylic acids is 1. The highest BCUT2D eigenvalue weighted by molar-refractivity contribution is 7.47. The molecule has 0 saturated carbocycles. The monoisotopic (exact) mass is 892 g/mol. The maximum atomic E-state index is 12.7. The van der Waals surface area contributed by atoms with Crippen molar-refractivity contribution in [3.63, 3.8) is 0 Å². The van der Waals surface area contributed by atoms with E-state index in [1.54, 1.807) is 0 Å². The first-order valence-electron chi connectivity index (χ1n) is 24.0. The van der Waals surface area contributed by atoms with Crippen molar-refractivity contribution in [1.82, 2.24) is 0 Å². The molecule has 0 rings (SSSR count). The highest BCUT2D eigenvalue weighted by Gasteiger charge is 2.28. The lowest BCUT2D eigenvalue weighted by atomic mass is 10.1. The number of aliphatic carboxylic acids is 1. The molecule has 11 nitrogen and oxygen atoms in total. The van der Waals surface area contributed by atoms with Crippen molar-refractivity contribution < 1.29 is 47.5 Å². The summed E-state index contributed by atoms with van der Waals surface area (Å²) in [7, 11) is -4.73. The topological polar surface area (TPSA) is 172 Å². The summed E-state index contributed by atoms with van der Waals surface area (Å²) < 4.78 is 32.8. The first-order chi connectivity index (χ1) is 30.1. The minimum Gasteiger partial charge on any atom is -0.480 e. The molecule has 62 heavy (non-hydrogen) atoms. The van der Waals surface area contributed by atoms with Crippen molar-refractivity contribution in [1.29, 1.82) is 0 Å². The van der Waals surface area contributed by atoms with Gasteiger partial charge in [0, 0.05) is 12.8 Å². The van der Waals surface area contributed by atoms with Gasteiger partial charge in [0.05, 0.1) is 13.2 Å². The number of phosphoric acid groups is 1. The van der Waals surface area contributed by atoms with Gasteiger partial charge in [-0.2, -0.15) is 0 Å². The van der Waals surface area contributed by atoms with E-state index < -0.39 is 51.1 Å². The molecule has 0 bridgehead atoms. The first kappa shape index (κ1) is 58.9. The number of carbonyl (C=O) groups excluding carboxylic acids is 2. The van der Waals surface area contributed by atoms with E-state index in [1.807, 2.05) is 0 Å². The van der Waals surface area contributed by atoms with Crippen molar-refractivity contribution in [2.24, 2.45) is 5.73 Å². The Kier molecular flexibility index (Phi) is 42.3. The van der Waals surface area contributed by atoms with Gasteiger partial charge in [-0.25, -0.2) is 4.57 Å². The van der Waals surface area contributed by atoms with Crippen LogP contribution in [-0.4, -0.2) is 59.9 Å². The lowest BCUT2D eigenvalue weighted by Crippen LogP contribution is -2.34. The molecular formula is C50H86NO10P. The fourth-order valence-corrected chi connectivity index (χ4v) is 6.91. The fourth-order valence-electron chi connectivity index (χ4n) is 6.14. The largest absolute Gasteiger partial charge is 0.480 e. The Morgan fingerprint density at radius 1 is 0.500 bits per heavy atom. The maximum absolute atomic E-state index is 12.7. The Morgan fingerprint density at radius 2 is 0.855 bits per heavy atom. The molecule has 0 aromatic rings. The van der Waals surface area contributed by atoms with Crippen LogP contribution < -0.4 is 5.73 Å². The molecule has 356 valence electrons. The molecular weight excluding hydrogens is 806 g/mol. The molecule has 0 aliphatic heterocycles. The van der Waals surface area contributed by atoms with Crippen molar-refractivity contribution in [3.05, 3.63) is 72.9 Å². The van der Waals surface area contributed by atoms with Crippen molar-refractivity contribution in [2.75, 3.05) is 19.8 Å². The molecule has 12 heteroatoms. The number of nitrogens with two attached hydrogens (primary N) is 1. The van der Waals surface area contributed by atoms with Crippen LogP contribution in [0.4, 0.5) is 0 Å². The summed E-state index contributed by atoms with van der Waals surface area (Å²) in [5, 5.41) is 8.91. The average molecular weight is 892 g/mol. The normalized spacial score (nSPS) is 14.3. The molecule has 0 amide bonds. The predicted molar refractivity (Wildman–Crippen MR) is 254 cm³/mol. The Balaban J connectivity index is 4.38. The van der Waals surface area contributed by atoms with Crippen LogP contribution in [0.15, 0.2) is 72.9 Å². The number of carboxylic acid groups (broad SMARTS) is 1. The molecule has 0 fully saturated rings. The number of carbonyl (C=O) groups is 3. The summed E-state index contributed by atoms with van der Waals surface area (Å²) in [6.07, 6.45) is 53.8. The molecule has 1 unspecified atom stereocenters. The highest BCUT2D eigenvalue weighted by Crippen LogP contribution is 2.43. The Bertz CT molecular complexity index is 1320. The summed E-state index contributed by atoms with van der Waals surface area (Å²) in [6, 6.07) is -1.53. The molecule has 0 aromatic heterocycles. The SMILES string of the molecule is CCCCC/C=C/C/C=C/C/C=C/C/C=C/CCCCCC(=O)O[C@H](COC(=O)CCCCCCCCCCC/C=C/C/C=C/CCCCC)COP(=O)(O)OC[C@H](N)C(=O)O. The van der Waals surface area contributed by atoms with E-state index in [1.165, 1.54) is 83.5 Å². The van der Waals surface area contributed by atoms with Gasteiger partial charge in [-0.3, -0.25) is 23.4 Å². The van der Waals surface area contributed by atoms with E-state index in [0.29, 0.717) is 12.8 Å². The molecule has 0 saturated heterocycles. The summed E-state index contributed by atoms with van der Waals surface area (Å²) in [6.45, 7) is 2.72. The molecule has 0 heterocycles. The van der Waals surface area contributed by atoms with Gasteiger partial charge in [0.15, 0.2) is 6.10 Å². The molecule has 0 aliphatic rings. The average Bonchev–Trinajstić information content (AvgIpc) is 3.25. The summed E-state index contributed by atoms with van der Waals surface area (Å²) in [4.78, 5) is 46.1. The summed E-state index contributed by atoms with van der Waals surface area (Å²) in [5.41, 5.74) is 5.34. The van der Waals surface area contributed by atoms with Crippen molar-refractivity contribution >= 4 is 25.7 Å². The van der Waals surface area contributed by atoms with Crippen LogP contribution in [-0.2, 0) is 37.5 Å². The van der Waals surface area contributed by atoms with Crippen molar-refractivity contribution in [3.8, 4) is 0 Å². The Labute approximate surface area is 376 Å². The number of rotatable bonds is 44. The van der Waals surface area contributed by atoms with Gasteiger partial charge < -0.3 is 25.2 Å². The lowest BCUT2D eigenvalue weighted by Gasteiger charge is -2.20. The van der Waals surface area contributed by atoms with Gasteiger partial charge in [0.1, 0.15) is 12.6 Å². The van der Waals surface area contributed by atoms with Crippen LogP contribution in [0, 0.1) is 0 Å². The van der Waals surface area contributed by atoms with Gasteiger partial charge in [0.25, 0.3) is 0 Å². The maximum Gasteiger partial charge on any atom is 0.472 e. The Hall–Kier alpha value is -3.08. The molecule has 0 aromatic carbocycles. The Morgan fingerprint density at radius 3 is 1.29 bits per heavy atom. The van der Waals surface area contributed by atoms with E-state index in [4.69, 9.17) is 24.8 Å². The predicted octanol–water partition coefficient (Wildman–Crippen LogP) is 13.3. The summed E-state index contributed by atoms with van der Waals surface area (Å²) >= 11 is 0. The van der Waals surface area contributed by atoms with Crippen LogP contribution >= 0.6 is 7.82 Å². The second-order valence-corrected chi connectivity index (χ2v) is 17.3. The van der Waals surface area contributed by atoms with E-state index in [-0.39, 0.29) is 19.4 Å². The minimum atomic E-state index is -4.73. The molecule has 0 spiro atoms. The highest BCUT2D eigenvalue weighted by atomic mass is 31.2. The van der Waals surface area contributed by atoms with Crippen LogP contribution in [0.1, 0.15) is 194 Å². The minimum absolute atomic E-state index is 0.120. The van der Waals surface area contributed by atoms with E-state index in [2.05, 4.69) is 91.3 Å². The number of esters is 2. The quantitative estimate of drug-likeness (QED) is 0.0230. The van der Waals surface area contributed by atoms with Crippen molar-refractivity contribution in [2.45, 2.75) is 206 Å². The van der Waals surface area contributed by atoms with Crippen LogP contribution in [0.3, 0.4) is 0 Å². The first-order valence-corrected chi connectivity index (χ1v) is 25.5. The van der Waals surface area contributed by atoms with E-state index in [0.717, 1.165) is 70.6 Å². The van der Waals surface area contributed by atoms with Gasteiger partial charge in [0.2, 0.25) is 0 Å². The van der Waals surface area contributed by atoms with E-state index >= 15 is 0 Å². The van der Waals surface area contributed by atoms with E-state index in [9.17, 15) is 23.8 Å². The van der Waals surface area contributed by atoms with Gasteiger partial charge in [-0.05, 0) is 89.9 Å². The zero-order chi connectivity index (χ0) is 45.6. The number of phosphoric ester groups is 1. The molecule has 0 aliphatic carbocycles. The van der Waals surface area contributed by atoms with Crippen LogP contribution in [0.2, 0.25) is 0 Å². The third-order valence-electron chi connectivity index (χ3n) is 9.93. The lowest BCUT2D eigenvalue weighted by molar-refractivity contribution is -0.161. The number of allylic oxidation sites excluding steroid dienone is 12. The molecule has 4 N–H and O–H groups in total. The van der Waals surface area contributed by atoms with Gasteiger partial charge >= 0.3 is 25.7 Å². The number of ether oxygens (including phenoxy) is 2.